The first-order valence-electron chi connectivity index (χ1n) is 32.5. The van der Waals surface area contributed by atoms with Crippen molar-refractivity contribution in [3.63, 3.8) is 0 Å². The Kier molecular flexibility index (Phi) is 12.3. The Bertz CT molecular complexity index is 6630. The second-order valence-electron chi connectivity index (χ2n) is 24.8. The fourth-order valence-electron chi connectivity index (χ4n) is 14.5. The molecule has 454 valence electrons. The van der Waals surface area contributed by atoms with Crippen molar-refractivity contribution in [1.82, 2.24) is 9.97 Å². The number of hydrogen-bond donors (Lipinski definition) is 0. The van der Waals surface area contributed by atoms with Gasteiger partial charge in [0.15, 0.2) is 11.2 Å². The normalized spacial score (nSPS) is 11.9. The lowest BCUT2D eigenvalue weighted by molar-refractivity contribution is 0.623. The smallest absolute Gasteiger partial charge is 0.227 e. The van der Waals surface area contributed by atoms with Gasteiger partial charge in [0.05, 0.1) is 0 Å². The van der Waals surface area contributed by atoms with Gasteiger partial charge in [-0.1, -0.05) is 170 Å². The predicted molar refractivity (Wildman–Crippen MR) is 403 cm³/mol. The molecular formula is C88H52N4O4S. The van der Waals surface area contributed by atoms with E-state index >= 15 is 0 Å². The third-order valence-electron chi connectivity index (χ3n) is 19.1. The molecule has 0 fully saturated rings. The molecule has 0 N–H and O–H groups in total. The summed E-state index contributed by atoms with van der Waals surface area (Å²) in [6.45, 7) is 0. The minimum atomic E-state index is 0.625. The van der Waals surface area contributed by atoms with Crippen molar-refractivity contribution < 1.29 is 17.7 Å². The van der Waals surface area contributed by atoms with Gasteiger partial charge in [0, 0.05) is 97.7 Å². The molecule has 0 spiro atoms. The number of oxazole rings is 2. The van der Waals surface area contributed by atoms with E-state index in [1.54, 1.807) is 0 Å². The van der Waals surface area contributed by atoms with E-state index in [2.05, 4.69) is 240 Å². The maximum absolute atomic E-state index is 6.57. The van der Waals surface area contributed by atoms with Crippen LogP contribution in [0.15, 0.2) is 333 Å². The van der Waals surface area contributed by atoms with Gasteiger partial charge in [-0.25, -0.2) is 9.97 Å². The van der Waals surface area contributed by atoms with Gasteiger partial charge >= 0.3 is 0 Å². The molecule has 0 unspecified atom stereocenters. The summed E-state index contributed by atoms with van der Waals surface area (Å²) >= 11 is 1.84. The molecule has 0 amide bonds. The summed E-state index contributed by atoms with van der Waals surface area (Å²) < 4.78 is 28.1. The summed E-state index contributed by atoms with van der Waals surface area (Å²) in [5.74, 6) is 1.25. The maximum atomic E-state index is 6.57. The molecule has 21 rings (SSSR count). The largest absolute Gasteiger partial charge is 0.456 e. The minimum Gasteiger partial charge on any atom is -0.456 e. The topological polar surface area (TPSA) is 84.8 Å². The molecule has 8 nitrogen and oxygen atoms in total. The SMILES string of the molecule is c1ccc(-c2nc3ccc4ccc5ccc(N(c6ccc7ccccc7c6)c6ccc7oc8ccccc8c7c6)cc5c4c3o2)cc1.c1ccc(-c2nc3ccc4ccc5ccc(N(c6ccc7oc8ccccc8c7c6)c6ccc7sc8ccccc8c7c6)cc5c4c3o2)cc1. The summed E-state index contributed by atoms with van der Waals surface area (Å²) in [5, 5.41) is 18.2. The van der Waals surface area contributed by atoms with Crippen LogP contribution in [0.4, 0.5) is 34.1 Å². The lowest BCUT2D eigenvalue weighted by Crippen LogP contribution is -2.10. The van der Waals surface area contributed by atoms with Crippen LogP contribution < -0.4 is 9.80 Å². The average Bonchev–Trinajstić information content (AvgIpc) is 1.74. The molecule has 0 atom stereocenters. The van der Waals surface area contributed by atoms with E-state index in [4.69, 9.17) is 27.6 Å². The second kappa shape index (κ2) is 21.9. The molecule has 9 heteroatoms. The van der Waals surface area contributed by atoms with Crippen LogP contribution in [0.25, 0.3) is 163 Å². The number of thiophene rings is 1. The summed E-state index contributed by atoms with van der Waals surface area (Å²) in [7, 11) is 0. The number of rotatable bonds is 8. The number of para-hydroxylation sites is 2. The van der Waals surface area contributed by atoms with Crippen LogP contribution in [0, 0.1) is 0 Å². The fraction of sp³-hybridized carbons (Fsp3) is 0. The van der Waals surface area contributed by atoms with E-state index in [9.17, 15) is 0 Å². The van der Waals surface area contributed by atoms with Gasteiger partial charge in [-0.2, -0.15) is 0 Å². The number of benzene rings is 16. The van der Waals surface area contributed by atoms with Crippen molar-refractivity contribution in [2.24, 2.45) is 0 Å². The number of hydrogen-bond acceptors (Lipinski definition) is 9. The minimum absolute atomic E-state index is 0.625. The van der Waals surface area contributed by atoms with Gasteiger partial charge in [-0.3, -0.25) is 0 Å². The van der Waals surface area contributed by atoms with Gasteiger partial charge in [0.1, 0.15) is 33.4 Å². The number of furan rings is 2. The summed E-state index contributed by atoms with van der Waals surface area (Å²) in [6.07, 6.45) is 0. The van der Waals surface area contributed by atoms with Gasteiger partial charge in [0.25, 0.3) is 0 Å². The first-order chi connectivity index (χ1) is 48.0. The number of fused-ring (bicyclic) bond motifs is 20. The Morgan fingerprint density at radius 2 is 0.608 bits per heavy atom. The molecule has 0 bridgehead atoms. The quantitative estimate of drug-likeness (QED) is 0.139. The molecule has 21 aromatic rings. The summed E-state index contributed by atoms with van der Waals surface area (Å²) in [5.41, 5.74) is 15.1. The van der Waals surface area contributed by atoms with Crippen molar-refractivity contribution >= 4 is 186 Å². The zero-order valence-corrected chi connectivity index (χ0v) is 52.7. The van der Waals surface area contributed by atoms with Crippen molar-refractivity contribution in [2.75, 3.05) is 9.80 Å². The second-order valence-corrected chi connectivity index (χ2v) is 25.9. The molecule has 0 aliphatic rings. The zero-order valence-electron chi connectivity index (χ0n) is 51.9. The van der Waals surface area contributed by atoms with Crippen LogP contribution in [0.1, 0.15) is 0 Å². The molecule has 0 radical (unpaired) electrons. The van der Waals surface area contributed by atoms with E-state index in [1.807, 2.05) is 96.3 Å². The molecule has 0 saturated heterocycles. The van der Waals surface area contributed by atoms with E-state index in [0.717, 1.165) is 154 Å². The van der Waals surface area contributed by atoms with Gasteiger partial charge < -0.3 is 27.5 Å². The van der Waals surface area contributed by atoms with Crippen LogP contribution in [0.5, 0.6) is 0 Å². The highest BCUT2D eigenvalue weighted by Gasteiger charge is 2.23. The highest BCUT2D eigenvalue weighted by molar-refractivity contribution is 7.25. The van der Waals surface area contributed by atoms with Crippen LogP contribution >= 0.6 is 11.3 Å². The molecule has 5 aromatic heterocycles. The van der Waals surface area contributed by atoms with E-state index in [0.29, 0.717) is 11.8 Å². The Morgan fingerprint density at radius 3 is 1.15 bits per heavy atom. The van der Waals surface area contributed by atoms with Crippen LogP contribution in [-0.4, -0.2) is 9.97 Å². The van der Waals surface area contributed by atoms with Crippen molar-refractivity contribution in [2.45, 2.75) is 0 Å². The molecule has 0 aliphatic heterocycles. The number of aromatic nitrogens is 2. The van der Waals surface area contributed by atoms with E-state index in [-0.39, 0.29) is 0 Å². The lowest BCUT2D eigenvalue weighted by Gasteiger charge is -2.26. The highest BCUT2D eigenvalue weighted by atomic mass is 32.1. The third-order valence-corrected chi connectivity index (χ3v) is 20.2. The molecule has 5 heterocycles. The first kappa shape index (κ1) is 54.7. The summed E-state index contributed by atoms with van der Waals surface area (Å²) in [4.78, 5) is 14.5. The molecule has 0 aliphatic carbocycles. The van der Waals surface area contributed by atoms with Gasteiger partial charge in [-0.15, -0.1) is 11.3 Å². The van der Waals surface area contributed by atoms with Crippen molar-refractivity contribution in [3.8, 4) is 22.9 Å². The Hall–Kier alpha value is -12.8. The van der Waals surface area contributed by atoms with Gasteiger partial charge in [0.2, 0.25) is 11.8 Å². The average molecular weight is 1260 g/mol. The highest BCUT2D eigenvalue weighted by Crippen LogP contribution is 2.47. The Morgan fingerprint density at radius 1 is 0.237 bits per heavy atom. The predicted octanol–water partition coefficient (Wildman–Crippen LogP) is 25.9. The monoisotopic (exact) mass is 1260 g/mol. The van der Waals surface area contributed by atoms with Crippen LogP contribution in [0.3, 0.4) is 0 Å². The van der Waals surface area contributed by atoms with E-state index in [1.165, 1.54) is 30.9 Å². The lowest BCUT2D eigenvalue weighted by atomic mass is 10.00. The van der Waals surface area contributed by atoms with Crippen molar-refractivity contribution in [3.05, 3.63) is 315 Å². The van der Waals surface area contributed by atoms with Crippen molar-refractivity contribution in [1.29, 1.82) is 0 Å². The Labute approximate surface area is 557 Å². The zero-order chi connectivity index (χ0) is 63.7. The Balaban J connectivity index is 0.000000132. The van der Waals surface area contributed by atoms with Crippen LogP contribution in [-0.2, 0) is 0 Å². The summed E-state index contributed by atoms with van der Waals surface area (Å²) in [6, 6.07) is 111. The first-order valence-corrected chi connectivity index (χ1v) is 33.3. The molecule has 0 saturated carbocycles. The molecule has 97 heavy (non-hydrogen) atoms. The molecular weight excluding hydrogens is 1210 g/mol. The third kappa shape index (κ3) is 9.12. The van der Waals surface area contributed by atoms with E-state index < -0.39 is 0 Å². The number of nitrogens with zero attached hydrogens (tertiary/aromatic N) is 4. The maximum Gasteiger partial charge on any atom is 0.227 e. The van der Waals surface area contributed by atoms with Crippen LogP contribution in [0.2, 0.25) is 0 Å². The molecule has 16 aromatic carbocycles. The number of anilines is 6. The van der Waals surface area contributed by atoms with Gasteiger partial charge in [-0.05, 0) is 189 Å². The fourth-order valence-corrected chi connectivity index (χ4v) is 15.6. The standard InChI is InChI=1S/C45H26N2O2S.C43H26N2O2/c1-2-8-29(9-3-1)45-46-38-21-17-28-15-14-27-16-18-30(24-35(27)43(28)44(38)49-45)47(31-19-22-40-36(25-31)33-10-4-6-12-39(33)48-40)32-20-23-42-37(26-32)34-11-5-7-13-41(34)50-42;1-2-9-30(10-3-1)43-44-38-22-18-29-15-14-28-17-20-33(25-36(28)41(29)42(38)47-43)45(32-19-16-27-8-4-5-11-31(27)24-32)34-21-23-40-37(26-34)35-12-6-7-13-39(35)46-40/h1-26H;1-26H.